The fourth-order valence-corrected chi connectivity index (χ4v) is 1.85. The van der Waals surface area contributed by atoms with Crippen LogP contribution in [0.4, 0.5) is 11.4 Å². The molecule has 4 nitrogen and oxygen atoms in total. The zero-order valence-corrected chi connectivity index (χ0v) is 10.9. The molecule has 0 fully saturated rings. The first kappa shape index (κ1) is 13.2. The molecule has 0 aliphatic heterocycles. The summed E-state index contributed by atoms with van der Waals surface area (Å²) in [6, 6.07) is 15.1. The Morgan fingerprint density at radius 3 is 2.37 bits per heavy atom. The van der Waals surface area contributed by atoms with Gasteiger partial charge in [0, 0.05) is 12.2 Å². The number of phenolic OH excluding ortho intramolecular Hbond substituents is 1. The zero-order chi connectivity index (χ0) is 13.7. The van der Waals surface area contributed by atoms with Gasteiger partial charge in [-0.2, -0.15) is 0 Å². The van der Waals surface area contributed by atoms with E-state index in [1.165, 1.54) is 0 Å². The monoisotopic (exact) mass is 257 g/mol. The standard InChI is InChI=1S/C15H19N3O/c1-11(18-14-4-2-3-5-15(14)19)17-13-8-6-12(10-16)7-9-13/h2-9,11,17-19H,10,16H2,1H3. The molecule has 19 heavy (non-hydrogen) atoms. The van der Waals surface area contributed by atoms with E-state index in [0.717, 1.165) is 11.3 Å². The lowest BCUT2D eigenvalue weighted by Gasteiger charge is -2.19. The first-order chi connectivity index (χ1) is 9.19. The number of anilines is 2. The number of phenols is 1. The minimum atomic E-state index is -0.00275. The van der Waals surface area contributed by atoms with Crippen LogP contribution in [0.3, 0.4) is 0 Å². The first-order valence-electron chi connectivity index (χ1n) is 6.29. The Morgan fingerprint density at radius 1 is 1.05 bits per heavy atom. The largest absolute Gasteiger partial charge is 0.506 e. The van der Waals surface area contributed by atoms with Crippen molar-refractivity contribution in [2.45, 2.75) is 19.6 Å². The molecule has 0 aliphatic carbocycles. The van der Waals surface area contributed by atoms with Crippen LogP contribution in [-0.4, -0.2) is 11.3 Å². The number of para-hydroxylation sites is 2. The number of nitrogens with two attached hydrogens (primary N) is 1. The van der Waals surface area contributed by atoms with E-state index in [-0.39, 0.29) is 11.9 Å². The molecule has 4 heteroatoms. The van der Waals surface area contributed by atoms with E-state index in [2.05, 4.69) is 10.6 Å². The van der Waals surface area contributed by atoms with Crippen LogP contribution >= 0.6 is 0 Å². The molecule has 2 rings (SSSR count). The normalized spacial score (nSPS) is 11.9. The second-order valence-corrected chi connectivity index (χ2v) is 4.43. The molecule has 0 saturated carbocycles. The first-order valence-corrected chi connectivity index (χ1v) is 6.29. The van der Waals surface area contributed by atoms with E-state index < -0.39 is 0 Å². The van der Waals surface area contributed by atoms with Gasteiger partial charge in [0.1, 0.15) is 5.75 Å². The summed E-state index contributed by atoms with van der Waals surface area (Å²) in [5.41, 5.74) is 8.38. The Bertz CT molecular complexity index is 525. The smallest absolute Gasteiger partial charge is 0.138 e. The van der Waals surface area contributed by atoms with Crippen LogP contribution in [0.5, 0.6) is 5.75 Å². The molecule has 0 radical (unpaired) electrons. The summed E-state index contributed by atoms with van der Waals surface area (Å²) < 4.78 is 0. The van der Waals surface area contributed by atoms with E-state index in [0.29, 0.717) is 12.2 Å². The third-order valence-corrected chi connectivity index (χ3v) is 2.85. The lowest BCUT2D eigenvalue weighted by atomic mass is 10.2. The lowest BCUT2D eigenvalue weighted by Crippen LogP contribution is -2.24. The number of nitrogens with one attached hydrogen (secondary N) is 2. The van der Waals surface area contributed by atoms with E-state index in [9.17, 15) is 5.11 Å². The number of aromatic hydroxyl groups is 1. The van der Waals surface area contributed by atoms with Crippen molar-refractivity contribution >= 4 is 11.4 Å². The number of hydrogen-bond donors (Lipinski definition) is 4. The van der Waals surface area contributed by atoms with Crippen molar-refractivity contribution in [3.8, 4) is 5.75 Å². The molecule has 0 aliphatic rings. The van der Waals surface area contributed by atoms with Crippen molar-refractivity contribution < 1.29 is 5.11 Å². The van der Waals surface area contributed by atoms with Gasteiger partial charge in [-0.3, -0.25) is 0 Å². The molecule has 1 unspecified atom stereocenters. The summed E-state index contributed by atoms with van der Waals surface area (Å²) in [4.78, 5) is 0. The van der Waals surface area contributed by atoms with E-state index in [1.807, 2.05) is 43.3 Å². The van der Waals surface area contributed by atoms with Gasteiger partial charge in [-0.05, 0) is 36.8 Å². The predicted molar refractivity (Wildman–Crippen MR) is 79.1 cm³/mol. The highest BCUT2D eigenvalue weighted by molar-refractivity contribution is 5.57. The summed E-state index contributed by atoms with van der Waals surface area (Å²) in [5.74, 6) is 0.245. The van der Waals surface area contributed by atoms with Crippen LogP contribution in [0.2, 0.25) is 0 Å². The van der Waals surface area contributed by atoms with Gasteiger partial charge in [0.25, 0.3) is 0 Å². The summed E-state index contributed by atoms with van der Waals surface area (Å²) in [5, 5.41) is 16.2. The number of hydrogen-bond acceptors (Lipinski definition) is 4. The molecule has 0 saturated heterocycles. The fourth-order valence-electron chi connectivity index (χ4n) is 1.85. The van der Waals surface area contributed by atoms with Crippen molar-refractivity contribution in [1.82, 2.24) is 0 Å². The Kier molecular flexibility index (Phi) is 4.26. The van der Waals surface area contributed by atoms with Gasteiger partial charge in [0.05, 0.1) is 11.9 Å². The highest BCUT2D eigenvalue weighted by atomic mass is 16.3. The van der Waals surface area contributed by atoms with Gasteiger partial charge in [-0.15, -0.1) is 0 Å². The van der Waals surface area contributed by atoms with Crippen LogP contribution in [0.25, 0.3) is 0 Å². The Hall–Kier alpha value is -2.20. The van der Waals surface area contributed by atoms with Crippen LogP contribution in [0, 0.1) is 0 Å². The second kappa shape index (κ2) is 6.11. The number of rotatable bonds is 5. The third kappa shape index (κ3) is 3.63. The molecule has 100 valence electrons. The Balaban J connectivity index is 1.97. The fraction of sp³-hybridized carbons (Fsp3) is 0.200. The molecule has 0 spiro atoms. The third-order valence-electron chi connectivity index (χ3n) is 2.85. The van der Waals surface area contributed by atoms with Crippen LogP contribution in [-0.2, 0) is 6.54 Å². The van der Waals surface area contributed by atoms with Crippen LogP contribution in [0.15, 0.2) is 48.5 Å². The maximum Gasteiger partial charge on any atom is 0.138 e. The topological polar surface area (TPSA) is 70.3 Å². The minimum absolute atomic E-state index is 0.00275. The lowest BCUT2D eigenvalue weighted by molar-refractivity contribution is 0.477. The highest BCUT2D eigenvalue weighted by Gasteiger charge is 2.04. The molecule has 0 amide bonds. The molecule has 2 aromatic carbocycles. The van der Waals surface area contributed by atoms with Crippen molar-refractivity contribution in [1.29, 1.82) is 0 Å². The molecule has 0 bridgehead atoms. The molecular formula is C15H19N3O. The van der Waals surface area contributed by atoms with Gasteiger partial charge in [-0.25, -0.2) is 0 Å². The van der Waals surface area contributed by atoms with Crippen molar-refractivity contribution in [3.05, 3.63) is 54.1 Å². The number of benzene rings is 2. The summed E-state index contributed by atoms with van der Waals surface area (Å²) >= 11 is 0. The highest BCUT2D eigenvalue weighted by Crippen LogP contribution is 2.22. The molecule has 1 atom stereocenters. The van der Waals surface area contributed by atoms with Crippen molar-refractivity contribution in [3.63, 3.8) is 0 Å². The van der Waals surface area contributed by atoms with Crippen molar-refractivity contribution in [2.75, 3.05) is 10.6 Å². The molecule has 0 heterocycles. The minimum Gasteiger partial charge on any atom is -0.506 e. The van der Waals surface area contributed by atoms with Gasteiger partial charge in [0.15, 0.2) is 0 Å². The predicted octanol–water partition coefficient (Wildman–Crippen LogP) is 2.72. The second-order valence-electron chi connectivity index (χ2n) is 4.43. The summed E-state index contributed by atoms with van der Waals surface area (Å²) in [7, 11) is 0. The maximum absolute atomic E-state index is 9.69. The van der Waals surface area contributed by atoms with Gasteiger partial charge in [-0.1, -0.05) is 24.3 Å². The molecule has 0 aromatic heterocycles. The molecule has 2 aromatic rings. The van der Waals surface area contributed by atoms with Crippen LogP contribution < -0.4 is 16.4 Å². The summed E-state index contributed by atoms with van der Waals surface area (Å²) in [6.07, 6.45) is -0.00275. The molecular weight excluding hydrogens is 238 g/mol. The van der Waals surface area contributed by atoms with E-state index >= 15 is 0 Å². The maximum atomic E-state index is 9.69. The Morgan fingerprint density at radius 2 is 1.74 bits per heavy atom. The van der Waals surface area contributed by atoms with Crippen LogP contribution in [0.1, 0.15) is 12.5 Å². The van der Waals surface area contributed by atoms with E-state index in [4.69, 9.17) is 5.73 Å². The Labute approximate surface area is 113 Å². The average molecular weight is 257 g/mol. The SMILES string of the molecule is CC(Nc1ccc(CN)cc1)Nc1ccccc1O. The van der Waals surface area contributed by atoms with Gasteiger partial charge >= 0.3 is 0 Å². The summed E-state index contributed by atoms with van der Waals surface area (Å²) in [6.45, 7) is 2.54. The van der Waals surface area contributed by atoms with Gasteiger partial charge in [0.2, 0.25) is 0 Å². The van der Waals surface area contributed by atoms with Crippen molar-refractivity contribution in [2.24, 2.45) is 5.73 Å². The quantitative estimate of drug-likeness (QED) is 0.491. The zero-order valence-electron chi connectivity index (χ0n) is 10.9. The average Bonchev–Trinajstić information content (AvgIpc) is 2.42. The van der Waals surface area contributed by atoms with E-state index in [1.54, 1.807) is 12.1 Å². The molecule has 5 N–H and O–H groups in total. The van der Waals surface area contributed by atoms with Gasteiger partial charge < -0.3 is 21.5 Å².